The van der Waals surface area contributed by atoms with E-state index in [1.807, 2.05) is 54.6 Å². The van der Waals surface area contributed by atoms with Crippen molar-refractivity contribution in [2.45, 2.75) is 71.2 Å². The molecule has 0 fully saturated rings. The molecule has 220 valence electrons. The SMILES string of the molecule is COC(=O)C(NC(=O)C(Cc1c[nH]c2ccccc12)NC(=O)C(Cc1ccccc1)NC(=O)OC(C)(C)C)C(C)C. The second-order valence-corrected chi connectivity index (χ2v) is 11.3. The zero-order chi connectivity index (χ0) is 30.2. The molecule has 0 saturated carbocycles. The molecule has 10 nitrogen and oxygen atoms in total. The summed E-state index contributed by atoms with van der Waals surface area (Å²) < 4.78 is 10.3. The van der Waals surface area contributed by atoms with Gasteiger partial charge in [0.05, 0.1) is 7.11 Å². The number of para-hydroxylation sites is 1. The number of hydrogen-bond donors (Lipinski definition) is 4. The highest BCUT2D eigenvalue weighted by Gasteiger charge is 2.32. The molecule has 1 aromatic heterocycles. The summed E-state index contributed by atoms with van der Waals surface area (Å²) in [5.74, 6) is -1.96. The second kappa shape index (κ2) is 13.8. The lowest BCUT2D eigenvalue weighted by Gasteiger charge is -2.27. The summed E-state index contributed by atoms with van der Waals surface area (Å²) in [6, 6.07) is 13.8. The van der Waals surface area contributed by atoms with Gasteiger partial charge in [-0.25, -0.2) is 9.59 Å². The number of hydrogen-bond acceptors (Lipinski definition) is 6. The molecule has 0 aliphatic rings. The molecule has 0 spiro atoms. The average molecular weight is 565 g/mol. The molecule has 0 bridgehead atoms. The van der Waals surface area contributed by atoms with Crippen molar-refractivity contribution in [3.8, 4) is 0 Å². The number of amides is 3. The summed E-state index contributed by atoms with van der Waals surface area (Å²) >= 11 is 0. The van der Waals surface area contributed by atoms with Crippen LogP contribution < -0.4 is 16.0 Å². The van der Waals surface area contributed by atoms with Gasteiger partial charge in [0.15, 0.2) is 0 Å². The van der Waals surface area contributed by atoms with E-state index in [1.54, 1.807) is 40.8 Å². The van der Waals surface area contributed by atoms with Gasteiger partial charge in [-0.1, -0.05) is 62.4 Å². The molecule has 4 N–H and O–H groups in total. The Kier molecular flexibility index (Phi) is 10.5. The van der Waals surface area contributed by atoms with Gasteiger partial charge in [-0.2, -0.15) is 0 Å². The standard InChI is InChI=1S/C31H40N4O6/c1-19(2)26(29(38)40-6)35-28(37)25(17-21-18-32-23-15-11-10-14-22(21)23)33-27(36)24(16-20-12-8-7-9-13-20)34-30(39)41-31(3,4)5/h7-15,18-19,24-26,32H,16-17H2,1-6H3,(H,33,36)(H,34,39)(H,35,37). The lowest BCUT2D eigenvalue weighted by Crippen LogP contribution is -2.57. The quantitative estimate of drug-likeness (QED) is 0.262. The van der Waals surface area contributed by atoms with E-state index >= 15 is 0 Å². The summed E-state index contributed by atoms with van der Waals surface area (Å²) in [5, 5.41) is 9.12. The van der Waals surface area contributed by atoms with Gasteiger partial charge < -0.3 is 30.4 Å². The zero-order valence-corrected chi connectivity index (χ0v) is 24.4. The summed E-state index contributed by atoms with van der Waals surface area (Å²) in [5.41, 5.74) is 1.73. The van der Waals surface area contributed by atoms with Crippen LogP contribution in [0.2, 0.25) is 0 Å². The van der Waals surface area contributed by atoms with Crippen molar-refractivity contribution >= 4 is 34.8 Å². The lowest BCUT2D eigenvalue weighted by atomic mass is 10.00. The lowest BCUT2D eigenvalue weighted by molar-refractivity contribution is -0.146. The Labute approximate surface area is 240 Å². The molecule has 10 heteroatoms. The molecule has 0 aliphatic carbocycles. The fourth-order valence-corrected chi connectivity index (χ4v) is 4.39. The van der Waals surface area contributed by atoms with Crippen LogP contribution in [0.25, 0.3) is 10.9 Å². The molecular formula is C31H40N4O6. The van der Waals surface area contributed by atoms with Gasteiger partial charge in [0.25, 0.3) is 0 Å². The first-order valence-corrected chi connectivity index (χ1v) is 13.6. The number of fused-ring (bicyclic) bond motifs is 1. The minimum absolute atomic E-state index is 0.137. The number of esters is 1. The van der Waals surface area contributed by atoms with Crippen molar-refractivity contribution in [1.29, 1.82) is 0 Å². The highest BCUT2D eigenvalue weighted by atomic mass is 16.6. The van der Waals surface area contributed by atoms with Crippen molar-refractivity contribution in [1.82, 2.24) is 20.9 Å². The number of aromatic amines is 1. The van der Waals surface area contributed by atoms with E-state index in [4.69, 9.17) is 9.47 Å². The van der Waals surface area contributed by atoms with Crippen LogP contribution in [0.4, 0.5) is 4.79 Å². The van der Waals surface area contributed by atoms with Crippen LogP contribution in [0.15, 0.2) is 60.8 Å². The topological polar surface area (TPSA) is 139 Å². The van der Waals surface area contributed by atoms with Crippen LogP contribution in [0, 0.1) is 5.92 Å². The Morgan fingerprint density at radius 3 is 2.07 bits per heavy atom. The van der Waals surface area contributed by atoms with Gasteiger partial charge in [0.1, 0.15) is 23.7 Å². The Morgan fingerprint density at radius 1 is 0.829 bits per heavy atom. The summed E-state index contributed by atoms with van der Waals surface area (Å²) in [4.78, 5) is 55.5. The van der Waals surface area contributed by atoms with Crippen LogP contribution in [0.3, 0.4) is 0 Å². The Morgan fingerprint density at radius 2 is 1.44 bits per heavy atom. The molecular weight excluding hydrogens is 524 g/mol. The monoisotopic (exact) mass is 564 g/mol. The highest BCUT2D eigenvalue weighted by molar-refractivity contribution is 5.94. The van der Waals surface area contributed by atoms with Crippen LogP contribution >= 0.6 is 0 Å². The number of rotatable bonds is 11. The number of nitrogens with one attached hydrogen (secondary N) is 4. The highest BCUT2D eigenvalue weighted by Crippen LogP contribution is 2.20. The predicted octanol–water partition coefficient (Wildman–Crippen LogP) is 3.65. The fourth-order valence-electron chi connectivity index (χ4n) is 4.39. The fraction of sp³-hybridized carbons (Fsp3) is 0.419. The minimum Gasteiger partial charge on any atom is -0.467 e. The number of H-pyrrole nitrogens is 1. The normalized spacial score (nSPS) is 13.6. The van der Waals surface area contributed by atoms with E-state index in [-0.39, 0.29) is 18.8 Å². The maximum Gasteiger partial charge on any atom is 0.408 e. The summed E-state index contributed by atoms with van der Waals surface area (Å²) in [7, 11) is 1.26. The number of benzene rings is 2. The molecule has 3 atom stereocenters. The Bertz CT molecular complexity index is 1350. The molecule has 3 amide bonds. The molecule has 0 radical (unpaired) electrons. The molecule has 3 aromatic rings. The Balaban J connectivity index is 1.90. The van der Waals surface area contributed by atoms with Crippen molar-refractivity contribution in [2.24, 2.45) is 5.92 Å². The van der Waals surface area contributed by atoms with E-state index in [1.165, 1.54) is 7.11 Å². The number of ether oxygens (including phenoxy) is 2. The van der Waals surface area contributed by atoms with Gasteiger partial charge in [0.2, 0.25) is 11.8 Å². The van der Waals surface area contributed by atoms with Crippen molar-refractivity contribution in [3.05, 3.63) is 71.9 Å². The minimum atomic E-state index is -1.06. The maximum absolute atomic E-state index is 13.7. The number of carbonyl (C=O) groups excluding carboxylic acids is 4. The van der Waals surface area contributed by atoms with Crippen LogP contribution in [0.1, 0.15) is 45.7 Å². The Hall–Kier alpha value is -4.34. The molecule has 3 rings (SSSR count). The van der Waals surface area contributed by atoms with Gasteiger partial charge >= 0.3 is 12.1 Å². The number of aromatic nitrogens is 1. The smallest absolute Gasteiger partial charge is 0.408 e. The third-order valence-electron chi connectivity index (χ3n) is 6.44. The first kappa shape index (κ1) is 31.2. The van der Waals surface area contributed by atoms with Crippen LogP contribution in [0.5, 0.6) is 0 Å². The number of methoxy groups -OCH3 is 1. The molecule has 3 unspecified atom stereocenters. The average Bonchev–Trinajstić information content (AvgIpc) is 3.32. The molecule has 1 heterocycles. The van der Waals surface area contributed by atoms with Crippen LogP contribution in [-0.2, 0) is 36.7 Å². The van der Waals surface area contributed by atoms with E-state index in [0.29, 0.717) is 0 Å². The van der Waals surface area contributed by atoms with Crippen molar-refractivity contribution in [2.75, 3.05) is 7.11 Å². The van der Waals surface area contributed by atoms with Gasteiger partial charge in [-0.05, 0) is 43.9 Å². The molecule has 0 saturated heterocycles. The van der Waals surface area contributed by atoms with Gasteiger partial charge in [-0.3, -0.25) is 9.59 Å². The number of alkyl carbamates (subject to hydrolysis) is 1. The predicted molar refractivity (Wildman–Crippen MR) is 156 cm³/mol. The maximum atomic E-state index is 13.7. The zero-order valence-electron chi connectivity index (χ0n) is 24.4. The van der Waals surface area contributed by atoms with E-state index in [2.05, 4.69) is 20.9 Å². The van der Waals surface area contributed by atoms with Gasteiger partial charge in [-0.15, -0.1) is 0 Å². The van der Waals surface area contributed by atoms with E-state index < -0.39 is 47.6 Å². The van der Waals surface area contributed by atoms with E-state index in [9.17, 15) is 19.2 Å². The largest absolute Gasteiger partial charge is 0.467 e. The third-order valence-corrected chi connectivity index (χ3v) is 6.44. The van der Waals surface area contributed by atoms with E-state index in [0.717, 1.165) is 22.0 Å². The second-order valence-electron chi connectivity index (χ2n) is 11.3. The first-order valence-electron chi connectivity index (χ1n) is 13.6. The third kappa shape index (κ3) is 9.09. The summed E-state index contributed by atoms with van der Waals surface area (Å²) in [6.45, 7) is 8.76. The molecule has 2 aromatic carbocycles. The summed E-state index contributed by atoms with van der Waals surface area (Å²) in [6.07, 6.45) is 1.34. The van der Waals surface area contributed by atoms with Crippen molar-refractivity contribution < 1.29 is 28.7 Å². The first-order chi connectivity index (χ1) is 19.4. The molecule has 41 heavy (non-hydrogen) atoms. The van der Waals surface area contributed by atoms with Crippen LogP contribution in [-0.4, -0.2) is 59.7 Å². The van der Waals surface area contributed by atoms with Gasteiger partial charge in [0, 0.05) is 29.9 Å². The number of carbonyl (C=O) groups is 4. The molecule has 0 aliphatic heterocycles. The van der Waals surface area contributed by atoms with Crippen molar-refractivity contribution in [3.63, 3.8) is 0 Å².